The number of amides is 1. The number of carbonyl (C=O) groups is 2. The lowest BCUT2D eigenvalue weighted by molar-refractivity contribution is -0.122. The minimum Gasteiger partial charge on any atom is -0.374 e. The number of hydrogen-bond acceptors (Lipinski definition) is 7. The summed E-state index contributed by atoms with van der Waals surface area (Å²) in [5.41, 5.74) is -1.48. The van der Waals surface area contributed by atoms with Crippen molar-refractivity contribution in [3.63, 3.8) is 0 Å². The van der Waals surface area contributed by atoms with Crippen LogP contribution in [0.25, 0.3) is 0 Å². The number of likely N-dealkylation sites (tertiary alicyclic amines) is 1. The number of nitrogens with zero attached hydrogens (tertiary/aromatic N) is 4. The Balaban J connectivity index is 0.000000266. The second-order valence-corrected chi connectivity index (χ2v) is 11.4. The molecule has 2 fully saturated rings. The van der Waals surface area contributed by atoms with Crippen LogP contribution in [0.5, 0.6) is 0 Å². The molecule has 210 valence electrons. The molecule has 1 aromatic rings. The number of likely N-dealkylation sites (N-methyl/N-ethyl adjacent to an activating group) is 1. The first-order chi connectivity index (χ1) is 17.8. The van der Waals surface area contributed by atoms with Crippen LogP contribution in [0.4, 0.5) is 0 Å². The second kappa shape index (κ2) is 13.8. The van der Waals surface area contributed by atoms with Crippen LogP contribution in [-0.2, 0) is 6.54 Å². The summed E-state index contributed by atoms with van der Waals surface area (Å²) >= 11 is 0. The Hall–Kier alpha value is -1.81. The van der Waals surface area contributed by atoms with Gasteiger partial charge < -0.3 is 20.2 Å². The molecule has 1 saturated carbocycles. The van der Waals surface area contributed by atoms with Crippen molar-refractivity contribution in [3.8, 4) is 0 Å². The minimum atomic E-state index is -1.27. The van der Waals surface area contributed by atoms with Crippen LogP contribution in [0, 0.1) is 0 Å². The molecule has 0 spiro atoms. The van der Waals surface area contributed by atoms with Crippen molar-refractivity contribution in [1.29, 1.82) is 0 Å². The monoisotopic (exact) mass is 518 g/mol. The van der Waals surface area contributed by atoms with Crippen LogP contribution in [0.2, 0.25) is 0 Å². The summed E-state index contributed by atoms with van der Waals surface area (Å²) < 4.78 is 1.56. The fourth-order valence-electron chi connectivity index (χ4n) is 5.94. The molecule has 37 heavy (non-hydrogen) atoms. The molecule has 0 radical (unpaired) electrons. The van der Waals surface area contributed by atoms with Gasteiger partial charge in [0.2, 0.25) is 0 Å². The van der Waals surface area contributed by atoms with Gasteiger partial charge in [0.05, 0.1) is 6.54 Å². The van der Waals surface area contributed by atoms with Crippen molar-refractivity contribution in [2.45, 2.75) is 109 Å². The van der Waals surface area contributed by atoms with Crippen LogP contribution < -0.4 is 10.6 Å². The summed E-state index contributed by atoms with van der Waals surface area (Å²) in [6, 6.07) is 1.78. The third kappa shape index (κ3) is 7.40. The van der Waals surface area contributed by atoms with Crippen LogP contribution in [0.15, 0.2) is 6.07 Å². The van der Waals surface area contributed by atoms with E-state index in [9.17, 15) is 14.7 Å². The van der Waals surface area contributed by atoms with E-state index in [4.69, 9.17) is 0 Å². The van der Waals surface area contributed by atoms with Gasteiger partial charge in [0.25, 0.3) is 5.91 Å². The maximum absolute atomic E-state index is 13.0. The van der Waals surface area contributed by atoms with Crippen molar-refractivity contribution in [2.75, 3.05) is 39.8 Å². The largest absolute Gasteiger partial charge is 0.374 e. The van der Waals surface area contributed by atoms with Gasteiger partial charge in [-0.15, -0.1) is 0 Å². The number of aromatic nitrogens is 2. The van der Waals surface area contributed by atoms with Crippen LogP contribution in [0.1, 0.15) is 106 Å². The van der Waals surface area contributed by atoms with Gasteiger partial charge >= 0.3 is 0 Å². The Morgan fingerprint density at radius 2 is 1.78 bits per heavy atom. The molecule has 3 N–H and O–H groups in total. The molecular weight excluding hydrogens is 468 g/mol. The third-order valence-electron chi connectivity index (χ3n) is 8.40. The fraction of sp³-hybridized carbons (Fsp3) is 0.821. The highest BCUT2D eigenvalue weighted by Crippen LogP contribution is 2.36. The van der Waals surface area contributed by atoms with Crippen LogP contribution in [-0.4, -0.2) is 94.0 Å². The molecule has 3 aliphatic rings. The molecule has 2 atom stereocenters. The van der Waals surface area contributed by atoms with Crippen molar-refractivity contribution in [1.82, 2.24) is 30.2 Å². The van der Waals surface area contributed by atoms with E-state index < -0.39 is 11.3 Å². The molecule has 9 nitrogen and oxygen atoms in total. The summed E-state index contributed by atoms with van der Waals surface area (Å²) in [4.78, 5) is 28.4. The normalized spacial score (nSPS) is 25.0. The van der Waals surface area contributed by atoms with Gasteiger partial charge in [0.15, 0.2) is 6.29 Å². The van der Waals surface area contributed by atoms with E-state index in [0.29, 0.717) is 25.1 Å². The van der Waals surface area contributed by atoms with Gasteiger partial charge in [-0.3, -0.25) is 19.6 Å². The summed E-state index contributed by atoms with van der Waals surface area (Å²) in [5.74, 6) is -0.190. The first kappa shape index (κ1) is 29.7. The summed E-state index contributed by atoms with van der Waals surface area (Å²) in [6.45, 7) is 11.5. The van der Waals surface area contributed by atoms with E-state index in [0.717, 1.165) is 38.6 Å². The molecule has 1 aromatic heterocycles. The Kier molecular flexibility index (Phi) is 11.1. The number of fused-ring (bicyclic) bond motifs is 1. The van der Waals surface area contributed by atoms with Gasteiger partial charge in [-0.25, -0.2) is 0 Å². The highest BCUT2D eigenvalue weighted by molar-refractivity contribution is 5.95. The zero-order chi connectivity index (χ0) is 26.9. The molecule has 1 saturated heterocycles. The van der Waals surface area contributed by atoms with Gasteiger partial charge in [0, 0.05) is 25.7 Å². The Bertz CT molecular complexity index is 855. The Morgan fingerprint density at radius 1 is 1.14 bits per heavy atom. The molecule has 2 unspecified atom stereocenters. The maximum atomic E-state index is 13.0. The highest BCUT2D eigenvalue weighted by Gasteiger charge is 2.54. The van der Waals surface area contributed by atoms with Gasteiger partial charge in [0.1, 0.15) is 22.7 Å². The van der Waals surface area contributed by atoms with Gasteiger partial charge in [-0.2, -0.15) is 5.10 Å². The number of carbonyl (C=O) groups excluding carboxylic acids is 2. The number of aldehydes is 1. The molecule has 1 aliphatic carbocycles. The molecule has 4 rings (SSSR count). The van der Waals surface area contributed by atoms with E-state index in [1.165, 1.54) is 57.8 Å². The molecule has 9 heteroatoms. The summed E-state index contributed by atoms with van der Waals surface area (Å²) in [5, 5.41) is 22.2. The summed E-state index contributed by atoms with van der Waals surface area (Å²) in [6.07, 6.45) is 13.0. The minimum absolute atomic E-state index is 0.190. The zero-order valence-corrected chi connectivity index (χ0v) is 23.6. The Labute approximate surface area is 223 Å². The quantitative estimate of drug-likeness (QED) is 0.341. The molecule has 2 aliphatic heterocycles. The molecule has 3 heterocycles. The topological polar surface area (TPSA) is 103 Å². The van der Waals surface area contributed by atoms with Crippen LogP contribution >= 0.6 is 0 Å². The maximum Gasteiger partial charge on any atom is 0.272 e. The van der Waals surface area contributed by atoms with E-state index in [1.807, 2.05) is 20.9 Å². The van der Waals surface area contributed by atoms with E-state index in [2.05, 4.69) is 20.6 Å². The average Bonchev–Trinajstić information content (AvgIpc) is 3.51. The van der Waals surface area contributed by atoms with Crippen molar-refractivity contribution in [2.24, 2.45) is 0 Å². The number of hydrogen-bond donors (Lipinski definition) is 3. The predicted molar refractivity (Wildman–Crippen MR) is 147 cm³/mol. The molecule has 0 bridgehead atoms. The van der Waals surface area contributed by atoms with Crippen molar-refractivity contribution >= 4 is 12.2 Å². The SMILES string of the molecule is CCCN1C(=O)c2cc(C=O)nn2CC1(C)C(C)(O)NC1CCCC1.CNCCN1CCCCCCC1. The average molecular weight is 519 g/mol. The number of rotatable bonds is 9. The molecular formula is C28H50N6O3. The van der Waals surface area contributed by atoms with E-state index in [-0.39, 0.29) is 17.6 Å². The summed E-state index contributed by atoms with van der Waals surface area (Å²) in [7, 11) is 2.03. The lowest BCUT2D eigenvalue weighted by Crippen LogP contribution is -2.73. The van der Waals surface area contributed by atoms with E-state index >= 15 is 0 Å². The number of nitrogens with one attached hydrogen (secondary N) is 2. The highest BCUT2D eigenvalue weighted by atomic mass is 16.3. The molecule has 0 aromatic carbocycles. The van der Waals surface area contributed by atoms with Gasteiger partial charge in [-0.05, 0) is 72.2 Å². The van der Waals surface area contributed by atoms with Crippen LogP contribution in [0.3, 0.4) is 0 Å². The van der Waals surface area contributed by atoms with Gasteiger partial charge in [-0.1, -0.05) is 39.0 Å². The first-order valence-electron chi connectivity index (χ1n) is 14.5. The lowest BCUT2D eigenvalue weighted by atomic mass is 9.84. The fourth-order valence-corrected chi connectivity index (χ4v) is 5.94. The standard InChI is InChI=1S/C18H28N4O3.C10H22N2/c1-4-9-21-16(24)15-10-14(11-23)20-22(15)12-17(21,2)18(3,25)19-13-7-5-6-8-13;1-11-7-10-12-8-5-3-2-4-6-9-12/h10-11,13,19,25H,4-9,12H2,1-3H3;11H,2-10H2,1H3. The second-order valence-electron chi connectivity index (χ2n) is 11.4. The Morgan fingerprint density at radius 3 is 2.38 bits per heavy atom. The smallest absolute Gasteiger partial charge is 0.272 e. The zero-order valence-electron chi connectivity index (χ0n) is 23.6. The van der Waals surface area contributed by atoms with Crippen molar-refractivity contribution in [3.05, 3.63) is 17.5 Å². The van der Waals surface area contributed by atoms with E-state index in [1.54, 1.807) is 16.5 Å². The third-order valence-corrected chi connectivity index (χ3v) is 8.40. The predicted octanol–water partition coefficient (Wildman–Crippen LogP) is 3.03. The van der Waals surface area contributed by atoms with Crippen molar-refractivity contribution < 1.29 is 14.7 Å². The molecule has 1 amide bonds. The number of aliphatic hydroxyl groups is 1. The first-order valence-corrected chi connectivity index (χ1v) is 14.5. The lowest BCUT2D eigenvalue weighted by Gasteiger charge is -2.53.